The van der Waals surface area contributed by atoms with Crippen LogP contribution in [0.3, 0.4) is 0 Å². The maximum atomic E-state index is 13.2. The standard InChI is InChI=1S/C22H28N2O7S2/c1-16(2)31-20-8-7-18(33(27,28)24-10-4-3-5-11-24)14-19(20)23-32(25,26)17-6-9-21-22(15-17)30-13-12-29-21/h6-9,14-16,23H,3-5,10-13H2,1-2H3. The molecule has 0 bridgehead atoms. The van der Waals surface area contributed by atoms with Gasteiger partial charge in [-0.3, -0.25) is 4.72 Å². The van der Waals surface area contributed by atoms with Gasteiger partial charge in [-0.2, -0.15) is 4.31 Å². The maximum Gasteiger partial charge on any atom is 0.262 e. The van der Waals surface area contributed by atoms with E-state index in [9.17, 15) is 16.8 Å². The van der Waals surface area contributed by atoms with E-state index in [1.165, 1.54) is 40.7 Å². The van der Waals surface area contributed by atoms with Gasteiger partial charge in [0.15, 0.2) is 11.5 Å². The van der Waals surface area contributed by atoms with Gasteiger partial charge >= 0.3 is 0 Å². The minimum atomic E-state index is -4.07. The number of nitrogens with one attached hydrogen (secondary N) is 1. The van der Waals surface area contributed by atoms with Crippen LogP contribution in [0.25, 0.3) is 0 Å². The number of piperidine rings is 1. The SMILES string of the molecule is CC(C)Oc1ccc(S(=O)(=O)N2CCCCC2)cc1NS(=O)(=O)c1ccc2c(c1)OCCO2. The zero-order valence-corrected chi connectivity index (χ0v) is 20.2. The number of fused-ring (bicyclic) bond motifs is 1. The summed E-state index contributed by atoms with van der Waals surface area (Å²) >= 11 is 0. The third-order valence-electron chi connectivity index (χ3n) is 5.33. The van der Waals surface area contributed by atoms with E-state index in [1.807, 2.05) is 0 Å². The van der Waals surface area contributed by atoms with Crippen molar-refractivity contribution in [3.8, 4) is 17.2 Å². The molecular formula is C22H28N2O7S2. The van der Waals surface area contributed by atoms with Crippen molar-refractivity contribution in [2.75, 3.05) is 31.0 Å². The van der Waals surface area contributed by atoms with Crippen LogP contribution in [0.1, 0.15) is 33.1 Å². The first-order chi connectivity index (χ1) is 15.7. The highest BCUT2D eigenvalue weighted by Crippen LogP contribution is 2.35. The van der Waals surface area contributed by atoms with Gasteiger partial charge in [0, 0.05) is 19.2 Å². The van der Waals surface area contributed by atoms with Gasteiger partial charge in [0.25, 0.3) is 10.0 Å². The second kappa shape index (κ2) is 9.40. The zero-order chi connectivity index (χ0) is 23.6. The lowest BCUT2D eigenvalue weighted by Gasteiger charge is -2.26. The van der Waals surface area contributed by atoms with Crippen LogP contribution in [0, 0.1) is 0 Å². The van der Waals surface area contributed by atoms with Crippen LogP contribution >= 0.6 is 0 Å². The molecule has 180 valence electrons. The maximum absolute atomic E-state index is 13.2. The monoisotopic (exact) mass is 496 g/mol. The Kier molecular flexibility index (Phi) is 6.73. The van der Waals surface area contributed by atoms with E-state index in [-0.39, 0.29) is 27.3 Å². The van der Waals surface area contributed by atoms with Crippen LogP contribution in [0.4, 0.5) is 5.69 Å². The average molecular weight is 497 g/mol. The van der Waals surface area contributed by atoms with Crippen LogP contribution in [0.15, 0.2) is 46.2 Å². The molecule has 9 nitrogen and oxygen atoms in total. The van der Waals surface area contributed by atoms with Crippen molar-refractivity contribution in [2.45, 2.75) is 49.0 Å². The number of sulfonamides is 2. The van der Waals surface area contributed by atoms with Crippen molar-refractivity contribution < 1.29 is 31.0 Å². The normalized spacial score (nSPS) is 17.1. The lowest BCUT2D eigenvalue weighted by atomic mass is 10.2. The molecule has 0 atom stereocenters. The van der Waals surface area contributed by atoms with Crippen molar-refractivity contribution in [3.05, 3.63) is 36.4 Å². The van der Waals surface area contributed by atoms with Gasteiger partial charge in [-0.1, -0.05) is 6.42 Å². The quantitative estimate of drug-likeness (QED) is 0.626. The van der Waals surface area contributed by atoms with E-state index in [4.69, 9.17) is 14.2 Å². The molecule has 0 saturated carbocycles. The van der Waals surface area contributed by atoms with Crippen LogP contribution in [0.5, 0.6) is 17.2 Å². The predicted molar refractivity (Wildman–Crippen MR) is 123 cm³/mol. The molecule has 0 unspecified atom stereocenters. The fourth-order valence-electron chi connectivity index (χ4n) is 3.75. The highest BCUT2D eigenvalue weighted by Gasteiger charge is 2.28. The van der Waals surface area contributed by atoms with Crippen molar-refractivity contribution in [1.29, 1.82) is 0 Å². The first-order valence-electron chi connectivity index (χ1n) is 10.9. The topological polar surface area (TPSA) is 111 Å². The van der Waals surface area contributed by atoms with Gasteiger partial charge in [0.1, 0.15) is 19.0 Å². The summed E-state index contributed by atoms with van der Waals surface area (Å²) in [5.41, 5.74) is 0.0525. The minimum absolute atomic E-state index is 0.0142. The molecule has 1 N–H and O–H groups in total. The van der Waals surface area contributed by atoms with Crippen LogP contribution in [0.2, 0.25) is 0 Å². The molecule has 2 aromatic rings. The molecule has 0 amide bonds. The Hall–Kier alpha value is -2.50. The molecule has 2 heterocycles. The number of hydrogen-bond donors (Lipinski definition) is 1. The Labute approximate surface area is 194 Å². The number of nitrogens with zero attached hydrogens (tertiary/aromatic N) is 1. The summed E-state index contributed by atoms with van der Waals surface area (Å²) in [6.45, 7) is 5.23. The van der Waals surface area contributed by atoms with E-state index in [0.717, 1.165) is 19.3 Å². The molecule has 0 spiro atoms. The molecule has 2 aliphatic rings. The Morgan fingerprint density at radius 3 is 2.24 bits per heavy atom. The van der Waals surface area contributed by atoms with Crippen molar-refractivity contribution >= 4 is 25.7 Å². The highest BCUT2D eigenvalue weighted by molar-refractivity contribution is 7.92. The van der Waals surface area contributed by atoms with E-state index in [2.05, 4.69) is 4.72 Å². The minimum Gasteiger partial charge on any atom is -0.489 e. The second-order valence-electron chi connectivity index (χ2n) is 8.20. The highest BCUT2D eigenvalue weighted by atomic mass is 32.2. The molecule has 2 aromatic carbocycles. The van der Waals surface area contributed by atoms with Gasteiger partial charge in [-0.25, -0.2) is 16.8 Å². The summed E-state index contributed by atoms with van der Waals surface area (Å²) in [5, 5.41) is 0. The van der Waals surface area contributed by atoms with Crippen LogP contribution in [-0.4, -0.2) is 53.5 Å². The van der Waals surface area contributed by atoms with Gasteiger partial charge in [-0.15, -0.1) is 0 Å². The fourth-order valence-corrected chi connectivity index (χ4v) is 6.37. The summed E-state index contributed by atoms with van der Waals surface area (Å²) < 4.78 is 73.3. The van der Waals surface area contributed by atoms with Gasteiger partial charge in [-0.05, 0) is 57.0 Å². The fraction of sp³-hybridized carbons (Fsp3) is 0.455. The molecule has 11 heteroatoms. The third kappa shape index (κ3) is 5.20. The molecule has 0 aliphatic carbocycles. The Balaban J connectivity index is 1.69. The summed E-state index contributed by atoms with van der Waals surface area (Å²) in [6.07, 6.45) is 2.36. The van der Waals surface area contributed by atoms with Crippen molar-refractivity contribution in [3.63, 3.8) is 0 Å². The third-order valence-corrected chi connectivity index (χ3v) is 8.59. The van der Waals surface area contributed by atoms with E-state index >= 15 is 0 Å². The molecular weight excluding hydrogens is 468 g/mol. The van der Waals surface area contributed by atoms with Crippen molar-refractivity contribution in [2.24, 2.45) is 0 Å². The Bertz CT molecular complexity index is 1220. The molecule has 2 aliphatic heterocycles. The predicted octanol–water partition coefficient (Wildman–Crippen LogP) is 3.22. The lowest BCUT2D eigenvalue weighted by molar-refractivity contribution is 0.171. The van der Waals surface area contributed by atoms with E-state index < -0.39 is 20.0 Å². The average Bonchev–Trinajstić information content (AvgIpc) is 2.80. The largest absolute Gasteiger partial charge is 0.489 e. The molecule has 1 saturated heterocycles. The summed E-state index contributed by atoms with van der Waals surface area (Å²) in [4.78, 5) is -0.0214. The molecule has 33 heavy (non-hydrogen) atoms. The second-order valence-corrected chi connectivity index (χ2v) is 11.8. The van der Waals surface area contributed by atoms with Crippen LogP contribution in [-0.2, 0) is 20.0 Å². The number of anilines is 1. The van der Waals surface area contributed by atoms with Crippen molar-refractivity contribution in [1.82, 2.24) is 4.31 Å². The summed E-state index contributed by atoms with van der Waals surface area (Å²) in [6, 6.07) is 8.58. The lowest BCUT2D eigenvalue weighted by Crippen LogP contribution is -2.35. The first kappa shape index (κ1) is 23.7. The number of benzene rings is 2. The van der Waals surface area contributed by atoms with Gasteiger partial charge in [0.05, 0.1) is 21.6 Å². The Morgan fingerprint density at radius 2 is 1.55 bits per heavy atom. The zero-order valence-electron chi connectivity index (χ0n) is 18.6. The molecule has 1 fully saturated rings. The van der Waals surface area contributed by atoms with Gasteiger partial charge in [0.2, 0.25) is 10.0 Å². The van der Waals surface area contributed by atoms with Crippen LogP contribution < -0.4 is 18.9 Å². The molecule has 0 aromatic heterocycles. The molecule has 4 rings (SSSR count). The summed E-state index contributed by atoms with van der Waals surface area (Å²) in [5.74, 6) is 1.05. The summed E-state index contributed by atoms with van der Waals surface area (Å²) in [7, 11) is -7.82. The number of ether oxygens (including phenoxy) is 3. The molecule has 0 radical (unpaired) electrons. The smallest absolute Gasteiger partial charge is 0.262 e. The Morgan fingerprint density at radius 1 is 0.879 bits per heavy atom. The number of hydrogen-bond acceptors (Lipinski definition) is 7. The van der Waals surface area contributed by atoms with E-state index in [1.54, 1.807) is 13.8 Å². The number of rotatable bonds is 7. The van der Waals surface area contributed by atoms with E-state index in [0.29, 0.717) is 37.8 Å². The van der Waals surface area contributed by atoms with Gasteiger partial charge < -0.3 is 14.2 Å². The first-order valence-corrected chi connectivity index (χ1v) is 13.8.